The molecule has 0 spiro atoms. The van der Waals surface area contributed by atoms with E-state index in [2.05, 4.69) is 15.6 Å². The lowest BCUT2D eigenvalue weighted by Crippen LogP contribution is -2.46. The van der Waals surface area contributed by atoms with Gasteiger partial charge < -0.3 is 15.6 Å². The zero-order valence-corrected chi connectivity index (χ0v) is 13.6. The summed E-state index contributed by atoms with van der Waals surface area (Å²) in [5.41, 5.74) is 3.04. The van der Waals surface area contributed by atoms with E-state index in [4.69, 9.17) is 0 Å². The van der Waals surface area contributed by atoms with Gasteiger partial charge in [0, 0.05) is 41.7 Å². The Balaban J connectivity index is 1.48. The number of carbonyl (C=O) groups is 2. The van der Waals surface area contributed by atoms with E-state index in [0.29, 0.717) is 24.3 Å². The number of aromatic nitrogens is 1. The highest BCUT2D eigenvalue weighted by Gasteiger charge is 2.18. The van der Waals surface area contributed by atoms with Gasteiger partial charge in [0.25, 0.3) is 5.91 Å². The molecule has 1 aliphatic rings. The topological polar surface area (TPSA) is 77.2 Å². The molecule has 1 aliphatic heterocycles. The van der Waals surface area contributed by atoms with Crippen molar-refractivity contribution in [2.24, 2.45) is 0 Å². The maximum atomic E-state index is 12.4. The van der Waals surface area contributed by atoms with Crippen LogP contribution in [0.5, 0.6) is 0 Å². The van der Waals surface area contributed by atoms with Gasteiger partial charge in [-0.05, 0) is 54.3 Å². The second kappa shape index (κ2) is 6.32. The normalized spacial score (nSPS) is 14.4. The summed E-state index contributed by atoms with van der Waals surface area (Å²) >= 11 is 0. The molecule has 0 saturated carbocycles. The molecule has 6 heteroatoms. The van der Waals surface area contributed by atoms with Crippen molar-refractivity contribution >= 4 is 34.2 Å². The number of fused-ring (bicyclic) bond motifs is 1. The number of urea groups is 1. The number of hydrogen-bond acceptors (Lipinski definition) is 2. The number of H-pyrrole nitrogens is 1. The molecule has 25 heavy (non-hydrogen) atoms. The Bertz CT molecular complexity index is 930. The zero-order chi connectivity index (χ0) is 17.2. The number of rotatable bonds is 3. The molecule has 0 atom stereocenters. The van der Waals surface area contributed by atoms with E-state index in [-0.39, 0.29) is 11.9 Å². The van der Waals surface area contributed by atoms with Crippen LogP contribution < -0.4 is 15.5 Å². The Morgan fingerprint density at radius 1 is 1.08 bits per heavy atom. The first-order chi connectivity index (χ1) is 12.2. The molecule has 3 aromatic rings. The predicted molar refractivity (Wildman–Crippen MR) is 98.1 cm³/mol. The summed E-state index contributed by atoms with van der Waals surface area (Å²) in [5.74, 6) is -0.167. The monoisotopic (exact) mass is 334 g/mol. The van der Waals surface area contributed by atoms with Gasteiger partial charge in [-0.15, -0.1) is 0 Å². The molecule has 1 aromatic heterocycles. The molecular weight excluding hydrogens is 316 g/mol. The van der Waals surface area contributed by atoms with E-state index in [0.717, 1.165) is 23.0 Å². The van der Waals surface area contributed by atoms with E-state index in [1.54, 1.807) is 11.0 Å². The molecule has 0 bridgehead atoms. The van der Waals surface area contributed by atoms with Crippen LogP contribution >= 0.6 is 0 Å². The Hall–Kier alpha value is -3.28. The van der Waals surface area contributed by atoms with Crippen LogP contribution in [0, 0.1) is 0 Å². The number of anilines is 2. The van der Waals surface area contributed by atoms with Crippen molar-refractivity contribution < 1.29 is 9.59 Å². The second-order valence-electron chi connectivity index (χ2n) is 6.02. The minimum Gasteiger partial charge on any atom is -0.361 e. The molecule has 0 unspecified atom stereocenters. The standard InChI is InChI=1S/C19H18N4O2/c24-18(14-3-2-13-8-10-20-17(13)12-14)22-15-4-6-16(7-5-15)23-11-1-9-21-19(23)25/h2-8,10,12,20H,1,9,11H2,(H,21,25)(H,22,24). The van der Waals surface area contributed by atoms with Crippen molar-refractivity contribution in [2.45, 2.75) is 6.42 Å². The third kappa shape index (κ3) is 3.06. The van der Waals surface area contributed by atoms with Gasteiger partial charge in [-0.1, -0.05) is 6.07 Å². The van der Waals surface area contributed by atoms with Crippen molar-refractivity contribution in [1.82, 2.24) is 10.3 Å². The van der Waals surface area contributed by atoms with Gasteiger partial charge in [-0.3, -0.25) is 9.69 Å². The minimum absolute atomic E-state index is 0.0812. The second-order valence-corrected chi connectivity index (χ2v) is 6.02. The highest BCUT2D eigenvalue weighted by Crippen LogP contribution is 2.21. The largest absolute Gasteiger partial charge is 0.361 e. The van der Waals surface area contributed by atoms with Gasteiger partial charge in [0.05, 0.1) is 0 Å². The zero-order valence-electron chi connectivity index (χ0n) is 13.6. The van der Waals surface area contributed by atoms with Crippen LogP contribution in [-0.4, -0.2) is 30.0 Å². The minimum atomic E-state index is -0.167. The lowest BCUT2D eigenvalue weighted by Gasteiger charge is -2.27. The van der Waals surface area contributed by atoms with Crippen LogP contribution in [0.15, 0.2) is 54.7 Å². The number of benzene rings is 2. The molecule has 6 nitrogen and oxygen atoms in total. The highest BCUT2D eigenvalue weighted by molar-refractivity contribution is 6.06. The van der Waals surface area contributed by atoms with Gasteiger partial charge in [-0.25, -0.2) is 4.79 Å². The van der Waals surface area contributed by atoms with Crippen LogP contribution in [0.4, 0.5) is 16.2 Å². The van der Waals surface area contributed by atoms with E-state index >= 15 is 0 Å². The fourth-order valence-corrected chi connectivity index (χ4v) is 2.99. The molecule has 3 N–H and O–H groups in total. The molecule has 1 saturated heterocycles. The predicted octanol–water partition coefficient (Wildman–Crippen LogP) is 3.34. The summed E-state index contributed by atoms with van der Waals surface area (Å²) in [5, 5.41) is 6.78. The average Bonchev–Trinajstić information content (AvgIpc) is 3.10. The highest BCUT2D eigenvalue weighted by atomic mass is 16.2. The summed E-state index contributed by atoms with van der Waals surface area (Å²) in [6, 6.07) is 14.7. The molecule has 126 valence electrons. The lowest BCUT2D eigenvalue weighted by molar-refractivity contribution is 0.102. The summed E-state index contributed by atoms with van der Waals surface area (Å²) < 4.78 is 0. The fourth-order valence-electron chi connectivity index (χ4n) is 2.99. The molecule has 3 amide bonds. The number of hydrogen-bond donors (Lipinski definition) is 3. The third-order valence-electron chi connectivity index (χ3n) is 4.33. The SMILES string of the molecule is O=C(Nc1ccc(N2CCCNC2=O)cc1)c1ccc2cc[nH]c2c1. The maximum absolute atomic E-state index is 12.4. The quantitative estimate of drug-likeness (QED) is 0.687. The number of nitrogens with zero attached hydrogens (tertiary/aromatic N) is 1. The summed E-state index contributed by atoms with van der Waals surface area (Å²) in [4.78, 5) is 29.1. The summed E-state index contributed by atoms with van der Waals surface area (Å²) in [6.45, 7) is 1.42. The van der Waals surface area contributed by atoms with Gasteiger partial charge in [0.15, 0.2) is 0 Å². The lowest BCUT2D eigenvalue weighted by atomic mass is 10.1. The number of carbonyl (C=O) groups excluding carboxylic acids is 2. The van der Waals surface area contributed by atoms with Gasteiger partial charge in [0.2, 0.25) is 0 Å². The summed E-state index contributed by atoms with van der Waals surface area (Å²) in [6.07, 6.45) is 2.77. The van der Waals surface area contributed by atoms with E-state index in [1.165, 1.54) is 0 Å². The molecular formula is C19H18N4O2. The van der Waals surface area contributed by atoms with Crippen LogP contribution in [0.3, 0.4) is 0 Å². The number of nitrogens with one attached hydrogen (secondary N) is 3. The van der Waals surface area contributed by atoms with Gasteiger partial charge >= 0.3 is 6.03 Å². The third-order valence-corrected chi connectivity index (χ3v) is 4.33. The number of aromatic amines is 1. The van der Waals surface area contributed by atoms with Crippen molar-refractivity contribution in [2.75, 3.05) is 23.3 Å². The van der Waals surface area contributed by atoms with Gasteiger partial charge in [0.1, 0.15) is 0 Å². The van der Waals surface area contributed by atoms with E-state index < -0.39 is 0 Å². The van der Waals surface area contributed by atoms with Crippen LogP contribution in [0.1, 0.15) is 16.8 Å². The Morgan fingerprint density at radius 3 is 2.72 bits per heavy atom. The van der Waals surface area contributed by atoms with Crippen LogP contribution in [-0.2, 0) is 0 Å². The average molecular weight is 334 g/mol. The first kappa shape index (κ1) is 15.3. The molecule has 0 aliphatic carbocycles. The summed E-state index contributed by atoms with van der Waals surface area (Å²) in [7, 11) is 0. The molecule has 2 heterocycles. The Morgan fingerprint density at radius 2 is 1.92 bits per heavy atom. The van der Waals surface area contributed by atoms with Crippen LogP contribution in [0.2, 0.25) is 0 Å². The fraction of sp³-hybridized carbons (Fsp3) is 0.158. The number of amides is 3. The molecule has 1 fully saturated rings. The first-order valence-corrected chi connectivity index (χ1v) is 8.25. The Labute approximate surface area is 144 Å². The Kier molecular flexibility index (Phi) is 3.85. The van der Waals surface area contributed by atoms with Crippen molar-refractivity contribution in [3.8, 4) is 0 Å². The van der Waals surface area contributed by atoms with Crippen LogP contribution in [0.25, 0.3) is 10.9 Å². The maximum Gasteiger partial charge on any atom is 0.321 e. The van der Waals surface area contributed by atoms with Crippen molar-refractivity contribution in [1.29, 1.82) is 0 Å². The first-order valence-electron chi connectivity index (χ1n) is 8.25. The van der Waals surface area contributed by atoms with E-state index in [1.807, 2.05) is 48.7 Å². The van der Waals surface area contributed by atoms with Crippen molar-refractivity contribution in [3.05, 3.63) is 60.3 Å². The van der Waals surface area contributed by atoms with E-state index in [9.17, 15) is 9.59 Å². The van der Waals surface area contributed by atoms with Gasteiger partial charge in [-0.2, -0.15) is 0 Å². The smallest absolute Gasteiger partial charge is 0.321 e. The molecule has 0 radical (unpaired) electrons. The van der Waals surface area contributed by atoms with Crippen molar-refractivity contribution in [3.63, 3.8) is 0 Å². The molecule has 4 rings (SSSR count). The molecule has 2 aromatic carbocycles.